The third-order valence-corrected chi connectivity index (χ3v) is 5.20. The zero-order valence-electron chi connectivity index (χ0n) is 16.1. The molecule has 0 saturated carbocycles. The van der Waals surface area contributed by atoms with Gasteiger partial charge in [-0.25, -0.2) is 0 Å². The second-order valence-electron chi connectivity index (χ2n) is 6.71. The Morgan fingerprint density at radius 1 is 1.20 bits per heavy atom. The number of ether oxygens (including phenoxy) is 1. The van der Waals surface area contributed by atoms with E-state index in [4.69, 9.17) is 33.0 Å². The van der Waals surface area contributed by atoms with Gasteiger partial charge in [0.05, 0.1) is 27.5 Å². The van der Waals surface area contributed by atoms with Gasteiger partial charge >= 0.3 is 0 Å². The van der Waals surface area contributed by atoms with Crippen molar-refractivity contribution in [1.82, 2.24) is 25.0 Å². The molecule has 0 spiro atoms. The first kappa shape index (κ1) is 20.4. The third kappa shape index (κ3) is 4.33. The van der Waals surface area contributed by atoms with Gasteiger partial charge in [-0.2, -0.15) is 10.2 Å². The predicted molar refractivity (Wildman–Crippen MR) is 119 cm³/mol. The van der Waals surface area contributed by atoms with Crippen molar-refractivity contribution in [2.45, 2.75) is 19.6 Å². The van der Waals surface area contributed by atoms with Crippen LogP contribution in [0.5, 0.6) is 5.75 Å². The van der Waals surface area contributed by atoms with Crippen LogP contribution in [0.3, 0.4) is 0 Å². The number of fused-ring (bicyclic) bond motifs is 1. The number of benzene rings is 1. The zero-order valence-corrected chi connectivity index (χ0v) is 17.7. The molecule has 3 heterocycles. The van der Waals surface area contributed by atoms with E-state index in [-0.39, 0.29) is 6.10 Å². The first-order chi connectivity index (χ1) is 14.5. The van der Waals surface area contributed by atoms with Crippen molar-refractivity contribution >= 4 is 46.3 Å². The van der Waals surface area contributed by atoms with E-state index >= 15 is 0 Å². The highest BCUT2D eigenvalue weighted by molar-refractivity contribution is 6.35. The number of halogens is 2. The molecule has 0 fully saturated rings. The highest BCUT2D eigenvalue weighted by Crippen LogP contribution is 2.33. The molecule has 30 heavy (non-hydrogen) atoms. The van der Waals surface area contributed by atoms with Gasteiger partial charge in [0.15, 0.2) is 6.61 Å². The number of pyridine rings is 1. The molecule has 0 radical (unpaired) electrons. The highest BCUT2D eigenvalue weighted by atomic mass is 35.5. The quantitative estimate of drug-likeness (QED) is 0.424. The highest BCUT2D eigenvalue weighted by Gasteiger charge is 2.16. The van der Waals surface area contributed by atoms with E-state index in [1.807, 2.05) is 43.5 Å². The molecule has 3 aromatic heterocycles. The van der Waals surface area contributed by atoms with E-state index in [9.17, 15) is 0 Å². The maximum Gasteiger partial charge on any atom is 0.163 e. The molecule has 7 nitrogen and oxygen atoms in total. The number of nitrogens with zero attached hydrogens (tertiary/aromatic N) is 4. The number of H-pyrrole nitrogens is 1. The number of hydrogen-bond acceptors (Lipinski definition) is 4. The van der Waals surface area contributed by atoms with Crippen molar-refractivity contribution in [2.24, 2.45) is 0 Å². The summed E-state index contributed by atoms with van der Waals surface area (Å²) < 4.78 is 7.84. The summed E-state index contributed by atoms with van der Waals surface area (Å²) in [5.41, 5.74) is 3.34. The predicted octanol–water partition coefficient (Wildman–Crippen LogP) is 4.50. The summed E-state index contributed by atoms with van der Waals surface area (Å²) in [6, 6.07) is 5.73. The van der Waals surface area contributed by atoms with Crippen LogP contribution in [0, 0.1) is 0 Å². The molecule has 0 amide bonds. The van der Waals surface area contributed by atoms with E-state index in [1.54, 1.807) is 23.3 Å². The molecule has 4 aromatic rings. The fourth-order valence-electron chi connectivity index (χ4n) is 3.16. The van der Waals surface area contributed by atoms with Crippen LogP contribution in [-0.2, 0) is 6.54 Å². The Bertz CT molecular complexity index is 1180. The van der Waals surface area contributed by atoms with Crippen LogP contribution in [-0.4, -0.2) is 36.7 Å². The van der Waals surface area contributed by atoms with Gasteiger partial charge in [-0.3, -0.25) is 14.8 Å². The standard InChI is InChI=1S/C21H19Cl2N5O2/c1-13(21-17(22)10-24-11-18(21)23)30-15-3-5-20-16(8-15)19(26-27-20)4-2-14-9-25-28(12-14)6-7-29/h2-5,8-13,29H,6-7H2,1H3,(H,26,27)/p+1/b4-2+/t13-/m1/s1. The van der Waals surface area contributed by atoms with E-state index in [0.717, 1.165) is 22.2 Å². The normalized spacial score (nSPS) is 12.7. The molecule has 0 aliphatic carbocycles. The van der Waals surface area contributed by atoms with Crippen molar-refractivity contribution in [3.8, 4) is 5.75 Å². The monoisotopic (exact) mass is 444 g/mol. The zero-order chi connectivity index (χ0) is 21.1. The lowest BCUT2D eigenvalue weighted by Gasteiger charge is -2.17. The molecule has 0 aliphatic heterocycles. The van der Waals surface area contributed by atoms with Gasteiger partial charge in [0.25, 0.3) is 0 Å². The molecule has 1 atom stereocenters. The third-order valence-electron chi connectivity index (χ3n) is 4.60. The molecule has 0 saturated heterocycles. The topological polar surface area (TPSA) is 91.5 Å². The number of hydrogen-bond donors (Lipinski definition) is 1. The molecule has 9 heteroatoms. The molecular weight excluding hydrogens is 425 g/mol. The number of aromatic amines is 1. The van der Waals surface area contributed by atoms with Crippen LogP contribution in [0.2, 0.25) is 10.0 Å². The van der Waals surface area contributed by atoms with E-state index in [1.165, 1.54) is 0 Å². The summed E-state index contributed by atoms with van der Waals surface area (Å²) in [6.45, 7) is 2.76. The van der Waals surface area contributed by atoms with Crippen molar-refractivity contribution < 1.29 is 9.84 Å². The molecule has 154 valence electrons. The summed E-state index contributed by atoms with van der Waals surface area (Å²) in [5, 5.41) is 20.8. The Kier molecular flexibility index (Phi) is 6.03. The maximum atomic E-state index is 7.28. The average molecular weight is 445 g/mol. The summed E-state index contributed by atoms with van der Waals surface area (Å²) in [4.78, 5) is 3.98. The van der Waals surface area contributed by atoms with Crippen molar-refractivity contribution in [3.63, 3.8) is 0 Å². The molecule has 0 bridgehead atoms. The van der Waals surface area contributed by atoms with Crippen LogP contribution in [0.4, 0.5) is 0 Å². The molecule has 1 aromatic carbocycles. The summed E-state index contributed by atoms with van der Waals surface area (Å²) in [5.74, 6) is 0.679. The minimum Gasteiger partial charge on any atom is -0.486 e. The SMILES string of the molecule is C[C@@H](Oc1ccc2[nH]nc(/C=C/c3cnn(CC[OH2+])c3)c2c1)c1c(Cl)cncc1Cl. The van der Waals surface area contributed by atoms with Gasteiger partial charge in [-0.05, 0) is 37.3 Å². The molecular formula is C21H20Cl2N5O2+. The van der Waals surface area contributed by atoms with Gasteiger partial charge in [-0.15, -0.1) is 0 Å². The maximum absolute atomic E-state index is 7.28. The second kappa shape index (κ2) is 8.87. The van der Waals surface area contributed by atoms with Gasteiger partial charge in [0, 0.05) is 35.1 Å². The summed E-state index contributed by atoms with van der Waals surface area (Å²) >= 11 is 12.5. The minimum atomic E-state index is -0.348. The lowest BCUT2D eigenvalue weighted by molar-refractivity contribution is 0.227. The lowest BCUT2D eigenvalue weighted by Crippen LogP contribution is -2.05. The van der Waals surface area contributed by atoms with Crippen LogP contribution < -0.4 is 4.74 Å². The van der Waals surface area contributed by atoms with Crippen molar-refractivity contribution in [2.75, 3.05) is 6.61 Å². The van der Waals surface area contributed by atoms with E-state index < -0.39 is 0 Å². The summed E-state index contributed by atoms with van der Waals surface area (Å²) in [6.07, 6.45) is 10.3. The molecule has 0 aliphatic rings. The Labute approximate surface area is 182 Å². The molecule has 4 rings (SSSR count). The number of nitrogens with one attached hydrogen (secondary N) is 1. The van der Waals surface area contributed by atoms with Gasteiger partial charge in [0.1, 0.15) is 18.4 Å². The first-order valence-corrected chi connectivity index (χ1v) is 10.1. The second-order valence-corrected chi connectivity index (χ2v) is 7.53. The first-order valence-electron chi connectivity index (χ1n) is 9.34. The van der Waals surface area contributed by atoms with Gasteiger partial charge in [0.2, 0.25) is 0 Å². The van der Waals surface area contributed by atoms with Crippen molar-refractivity contribution in [3.05, 3.63) is 69.9 Å². The Morgan fingerprint density at radius 2 is 2.00 bits per heavy atom. The fourth-order valence-corrected chi connectivity index (χ4v) is 3.84. The molecule has 0 unspecified atom stereocenters. The number of aromatic nitrogens is 5. The Balaban J connectivity index is 1.57. The minimum absolute atomic E-state index is 0.298. The van der Waals surface area contributed by atoms with E-state index in [2.05, 4.69) is 20.3 Å². The number of rotatable bonds is 7. The Hall–Kier alpha value is -2.87. The lowest BCUT2D eigenvalue weighted by atomic mass is 10.1. The largest absolute Gasteiger partial charge is 0.486 e. The van der Waals surface area contributed by atoms with Gasteiger partial charge < -0.3 is 9.84 Å². The van der Waals surface area contributed by atoms with E-state index in [0.29, 0.717) is 34.5 Å². The molecule has 3 N–H and O–H groups in total. The smallest absolute Gasteiger partial charge is 0.163 e. The van der Waals surface area contributed by atoms with Crippen molar-refractivity contribution in [1.29, 1.82) is 0 Å². The summed E-state index contributed by atoms with van der Waals surface area (Å²) in [7, 11) is 0. The fraction of sp³-hybridized carbons (Fsp3) is 0.190. The van der Waals surface area contributed by atoms with Crippen LogP contribution in [0.25, 0.3) is 23.1 Å². The van der Waals surface area contributed by atoms with Crippen LogP contribution in [0.15, 0.2) is 43.0 Å². The average Bonchev–Trinajstić information content (AvgIpc) is 3.33. The van der Waals surface area contributed by atoms with Crippen LogP contribution >= 0.6 is 23.2 Å². The Morgan fingerprint density at radius 3 is 2.77 bits per heavy atom. The van der Waals surface area contributed by atoms with Gasteiger partial charge in [-0.1, -0.05) is 23.2 Å². The van der Waals surface area contributed by atoms with Crippen LogP contribution in [0.1, 0.15) is 29.8 Å².